The van der Waals surface area contributed by atoms with Crippen LogP contribution in [0, 0.1) is 0 Å². The third-order valence-corrected chi connectivity index (χ3v) is 6.50. The zero-order valence-corrected chi connectivity index (χ0v) is 17.1. The molecule has 2 amide bonds. The summed E-state index contributed by atoms with van der Waals surface area (Å²) in [6.45, 7) is 5.06. The number of nitrogens with zero attached hydrogens (tertiary/aromatic N) is 2. The first kappa shape index (κ1) is 19.5. The Hall–Kier alpha value is -1.79. The molecule has 3 aliphatic rings. The Bertz CT molecular complexity index is 669. The van der Waals surface area contributed by atoms with E-state index < -0.39 is 0 Å². The summed E-state index contributed by atoms with van der Waals surface area (Å²) in [5.41, 5.74) is 4.06. The number of likely N-dealkylation sites (N-methyl/N-ethyl adjacent to an activating group) is 1. The molecule has 2 fully saturated rings. The number of carbonyl (C=O) groups excluding carboxylic acids is 1. The van der Waals surface area contributed by atoms with Crippen LogP contribution in [0.4, 0.5) is 10.5 Å². The molecule has 0 aromatic heterocycles. The van der Waals surface area contributed by atoms with Gasteiger partial charge in [-0.2, -0.15) is 0 Å². The number of hydrogen-bond acceptors (Lipinski definition) is 4. The molecule has 1 unspecified atom stereocenters. The molecule has 6 heteroatoms. The number of hydrogen-bond donors (Lipinski definition) is 2. The van der Waals surface area contributed by atoms with Gasteiger partial charge in [0.1, 0.15) is 0 Å². The molecule has 0 radical (unpaired) electrons. The number of anilines is 1. The predicted octanol–water partition coefficient (Wildman–Crippen LogP) is 2.68. The van der Waals surface area contributed by atoms with Crippen molar-refractivity contribution in [3.05, 3.63) is 29.3 Å². The van der Waals surface area contributed by atoms with Gasteiger partial charge in [-0.05, 0) is 36.5 Å². The van der Waals surface area contributed by atoms with Crippen molar-refractivity contribution in [2.24, 2.45) is 0 Å². The van der Waals surface area contributed by atoms with Crippen molar-refractivity contribution in [2.75, 3.05) is 51.3 Å². The van der Waals surface area contributed by atoms with Gasteiger partial charge in [0.15, 0.2) is 0 Å². The fourth-order valence-corrected chi connectivity index (χ4v) is 4.81. The normalized spacial score (nSPS) is 22.0. The maximum atomic E-state index is 12.5. The van der Waals surface area contributed by atoms with Crippen LogP contribution in [0.15, 0.2) is 18.2 Å². The van der Waals surface area contributed by atoms with Crippen molar-refractivity contribution in [1.82, 2.24) is 15.5 Å². The predicted molar refractivity (Wildman–Crippen MR) is 112 cm³/mol. The first-order chi connectivity index (χ1) is 13.7. The van der Waals surface area contributed by atoms with E-state index in [0.717, 1.165) is 52.1 Å². The topological polar surface area (TPSA) is 56.8 Å². The number of carbonyl (C=O) groups is 1. The Labute approximate surface area is 168 Å². The summed E-state index contributed by atoms with van der Waals surface area (Å²) in [6.07, 6.45) is 7.07. The molecule has 2 aliphatic heterocycles. The van der Waals surface area contributed by atoms with Gasteiger partial charge < -0.3 is 20.3 Å². The summed E-state index contributed by atoms with van der Waals surface area (Å²) in [5, 5.41) is 6.34. The molecule has 4 rings (SSSR count). The molecule has 0 spiro atoms. The second-order valence-electron chi connectivity index (χ2n) is 8.41. The van der Waals surface area contributed by atoms with Crippen LogP contribution < -0.4 is 15.5 Å². The van der Waals surface area contributed by atoms with Crippen LogP contribution in [0.2, 0.25) is 0 Å². The van der Waals surface area contributed by atoms with Gasteiger partial charge in [0.05, 0.1) is 19.3 Å². The summed E-state index contributed by atoms with van der Waals surface area (Å²) in [6, 6.07) is 7.34. The molecule has 1 aromatic rings. The van der Waals surface area contributed by atoms with Crippen LogP contribution in [0.5, 0.6) is 0 Å². The highest BCUT2D eigenvalue weighted by molar-refractivity contribution is 5.74. The van der Waals surface area contributed by atoms with E-state index in [0.29, 0.717) is 12.6 Å². The Morgan fingerprint density at radius 3 is 2.75 bits per heavy atom. The Morgan fingerprint density at radius 1 is 1.18 bits per heavy atom. The molecule has 2 N–H and O–H groups in total. The number of benzene rings is 1. The minimum Gasteiger partial charge on any atom is -0.379 e. The molecule has 6 nitrogen and oxygen atoms in total. The van der Waals surface area contributed by atoms with Crippen LogP contribution in [0.3, 0.4) is 0 Å². The van der Waals surface area contributed by atoms with E-state index in [2.05, 4.69) is 45.7 Å². The maximum absolute atomic E-state index is 12.5. The first-order valence-electron chi connectivity index (χ1n) is 10.9. The lowest BCUT2D eigenvalue weighted by Crippen LogP contribution is -2.48. The van der Waals surface area contributed by atoms with E-state index in [-0.39, 0.29) is 12.1 Å². The van der Waals surface area contributed by atoms with Crippen LogP contribution >= 0.6 is 0 Å². The van der Waals surface area contributed by atoms with Gasteiger partial charge in [0.2, 0.25) is 0 Å². The molecule has 1 atom stereocenters. The van der Waals surface area contributed by atoms with Crippen molar-refractivity contribution >= 4 is 11.7 Å². The van der Waals surface area contributed by atoms with E-state index in [1.807, 2.05) is 0 Å². The van der Waals surface area contributed by atoms with Crippen LogP contribution in [-0.2, 0) is 11.2 Å². The summed E-state index contributed by atoms with van der Waals surface area (Å²) in [5.74, 6) is 0. The smallest absolute Gasteiger partial charge is 0.315 e. The molecule has 0 bridgehead atoms. The number of urea groups is 1. The van der Waals surface area contributed by atoms with Crippen LogP contribution in [0.1, 0.15) is 49.3 Å². The van der Waals surface area contributed by atoms with Crippen molar-refractivity contribution in [1.29, 1.82) is 0 Å². The SMILES string of the molecule is CN1CCc2cc(C(CNC(=O)NC3CCCCC3)N3CCOCC3)ccc21. The highest BCUT2D eigenvalue weighted by Gasteiger charge is 2.26. The molecule has 1 aliphatic carbocycles. The number of nitrogens with one attached hydrogen (secondary N) is 2. The maximum Gasteiger partial charge on any atom is 0.315 e. The summed E-state index contributed by atoms with van der Waals surface area (Å²) in [7, 11) is 2.15. The molecular formula is C22H34N4O2. The number of fused-ring (bicyclic) bond motifs is 1. The van der Waals surface area contributed by atoms with Crippen LogP contribution in [-0.4, -0.2) is 63.4 Å². The van der Waals surface area contributed by atoms with Crippen molar-refractivity contribution in [3.63, 3.8) is 0 Å². The third kappa shape index (κ3) is 4.61. The Balaban J connectivity index is 1.42. The third-order valence-electron chi connectivity index (χ3n) is 6.50. The lowest BCUT2D eigenvalue weighted by atomic mass is 9.96. The minimum atomic E-state index is -0.0222. The average molecular weight is 387 g/mol. The molecule has 154 valence electrons. The Morgan fingerprint density at radius 2 is 1.96 bits per heavy atom. The molecular weight excluding hydrogens is 352 g/mol. The van der Waals surface area contributed by atoms with Crippen molar-refractivity contribution < 1.29 is 9.53 Å². The molecule has 1 aromatic carbocycles. The monoisotopic (exact) mass is 386 g/mol. The van der Waals surface area contributed by atoms with Crippen molar-refractivity contribution in [2.45, 2.75) is 50.6 Å². The minimum absolute atomic E-state index is 0.0222. The van der Waals surface area contributed by atoms with Gasteiger partial charge in [0, 0.05) is 45.0 Å². The quantitative estimate of drug-likeness (QED) is 0.817. The molecule has 2 heterocycles. The standard InChI is InChI=1S/C22H34N4O2/c1-25-10-9-18-15-17(7-8-20(18)25)21(26-11-13-28-14-12-26)16-23-22(27)24-19-5-3-2-4-6-19/h7-8,15,19,21H,2-6,9-14,16H2,1H3,(H2,23,24,27). The van der Waals surface area contributed by atoms with E-state index in [4.69, 9.17) is 4.74 Å². The summed E-state index contributed by atoms with van der Waals surface area (Å²) >= 11 is 0. The van der Waals surface area contributed by atoms with Crippen LogP contribution in [0.25, 0.3) is 0 Å². The average Bonchev–Trinajstić information content (AvgIpc) is 3.10. The summed E-state index contributed by atoms with van der Waals surface area (Å²) < 4.78 is 5.55. The molecule has 28 heavy (non-hydrogen) atoms. The number of amides is 2. The fraction of sp³-hybridized carbons (Fsp3) is 0.682. The van der Waals surface area contributed by atoms with Gasteiger partial charge in [-0.1, -0.05) is 31.4 Å². The number of rotatable bonds is 5. The van der Waals surface area contributed by atoms with E-state index in [9.17, 15) is 4.79 Å². The first-order valence-corrected chi connectivity index (χ1v) is 10.9. The van der Waals surface area contributed by atoms with E-state index in [1.54, 1.807) is 0 Å². The highest BCUT2D eigenvalue weighted by Crippen LogP contribution is 2.31. The largest absolute Gasteiger partial charge is 0.379 e. The van der Waals surface area contributed by atoms with Gasteiger partial charge in [-0.15, -0.1) is 0 Å². The second kappa shape index (κ2) is 9.14. The van der Waals surface area contributed by atoms with E-state index >= 15 is 0 Å². The van der Waals surface area contributed by atoms with E-state index in [1.165, 1.54) is 36.1 Å². The van der Waals surface area contributed by atoms with Gasteiger partial charge in [-0.25, -0.2) is 4.79 Å². The zero-order valence-electron chi connectivity index (χ0n) is 17.1. The highest BCUT2D eigenvalue weighted by atomic mass is 16.5. The fourth-order valence-electron chi connectivity index (χ4n) is 4.81. The Kier molecular flexibility index (Phi) is 6.37. The zero-order chi connectivity index (χ0) is 19.3. The molecule has 1 saturated heterocycles. The summed E-state index contributed by atoms with van der Waals surface area (Å²) in [4.78, 5) is 17.3. The number of ether oxygens (including phenoxy) is 1. The number of morpholine rings is 1. The lowest BCUT2D eigenvalue weighted by molar-refractivity contribution is 0.0167. The van der Waals surface area contributed by atoms with Crippen molar-refractivity contribution in [3.8, 4) is 0 Å². The van der Waals surface area contributed by atoms with Gasteiger partial charge in [-0.3, -0.25) is 4.90 Å². The van der Waals surface area contributed by atoms with Gasteiger partial charge >= 0.3 is 6.03 Å². The molecule has 1 saturated carbocycles. The lowest BCUT2D eigenvalue weighted by Gasteiger charge is -2.35. The van der Waals surface area contributed by atoms with Gasteiger partial charge in [0.25, 0.3) is 0 Å². The second-order valence-corrected chi connectivity index (χ2v) is 8.41.